The van der Waals surface area contributed by atoms with E-state index in [9.17, 15) is 13.6 Å². The number of hydrogen-bond acceptors (Lipinski definition) is 2. The molecule has 1 fully saturated rings. The Labute approximate surface area is 124 Å². The molecule has 0 aliphatic carbocycles. The third kappa shape index (κ3) is 4.00. The van der Waals surface area contributed by atoms with Gasteiger partial charge in [0, 0.05) is 18.4 Å². The number of halogens is 2. The van der Waals surface area contributed by atoms with Gasteiger partial charge < -0.3 is 5.32 Å². The molecular formula is C16H22F2N2O. The van der Waals surface area contributed by atoms with Gasteiger partial charge in [0.2, 0.25) is 5.91 Å². The molecule has 0 bridgehead atoms. The van der Waals surface area contributed by atoms with E-state index >= 15 is 0 Å². The Kier molecular flexibility index (Phi) is 4.33. The zero-order valence-corrected chi connectivity index (χ0v) is 12.7. The van der Waals surface area contributed by atoms with E-state index in [1.54, 1.807) is 0 Å². The first-order chi connectivity index (χ1) is 9.70. The Balaban J connectivity index is 1.92. The fourth-order valence-electron chi connectivity index (χ4n) is 2.44. The minimum absolute atomic E-state index is 0.246. The molecule has 2 N–H and O–H groups in total. The average molecular weight is 296 g/mol. The van der Waals surface area contributed by atoms with Crippen LogP contribution >= 0.6 is 0 Å². The zero-order valence-electron chi connectivity index (χ0n) is 12.7. The summed E-state index contributed by atoms with van der Waals surface area (Å²) < 4.78 is 26.2. The maximum atomic E-state index is 13.1. The summed E-state index contributed by atoms with van der Waals surface area (Å²) in [5, 5.41) is 5.35. The van der Waals surface area contributed by atoms with E-state index in [1.807, 2.05) is 45.0 Å². The number of nitrogens with one attached hydrogen (secondary N) is 2. The van der Waals surface area contributed by atoms with Gasteiger partial charge in [-0.2, -0.15) is 0 Å². The van der Waals surface area contributed by atoms with Gasteiger partial charge >= 0.3 is 0 Å². The van der Waals surface area contributed by atoms with Crippen molar-refractivity contribution in [1.82, 2.24) is 10.6 Å². The van der Waals surface area contributed by atoms with Crippen molar-refractivity contribution in [2.75, 3.05) is 13.1 Å². The number of rotatable bonds is 4. The lowest BCUT2D eigenvalue weighted by atomic mass is 9.84. The quantitative estimate of drug-likeness (QED) is 0.896. The van der Waals surface area contributed by atoms with Crippen molar-refractivity contribution >= 4 is 5.91 Å². The molecule has 0 saturated carbocycles. The van der Waals surface area contributed by atoms with Crippen molar-refractivity contribution in [2.45, 2.75) is 44.6 Å². The third-order valence-corrected chi connectivity index (χ3v) is 3.96. The molecular weight excluding hydrogens is 274 g/mol. The highest BCUT2D eigenvalue weighted by molar-refractivity contribution is 5.82. The number of carbonyl (C=O) groups excluding carboxylic acids is 1. The molecule has 1 atom stereocenters. The van der Waals surface area contributed by atoms with Gasteiger partial charge in [-0.15, -0.1) is 0 Å². The largest absolute Gasteiger partial charge is 0.354 e. The summed E-state index contributed by atoms with van der Waals surface area (Å²) in [6.45, 7) is 6.05. The molecule has 1 unspecified atom stereocenters. The maximum Gasteiger partial charge on any atom is 0.262 e. The molecule has 0 spiro atoms. The minimum atomic E-state index is -2.78. The van der Waals surface area contributed by atoms with Gasteiger partial charge in [-0.1, -0.05) is 43.7 Å². The van der Waals surface area contributed by atoms with E-state index < -0.39 is 24.9 Å². The highest BCUT2D eigenvalue weighted by Crippen LogP contribution is 2.26. The molecule has 1 amide bonds. The summed E-state index contributed by atoms with van der Waals surface area (Å²) in [4.78, 5) is 12.0. The van der Waals surface area contributed by atoms with E-state index in [4.69, 9.17) is 0 Å². The van der Waals surface area contributed by atoms with Crippen molar-refractivity contribution in [2.24, 2.45) is 0 Å². The number of alkyl halides is 2. The number of amides is 1. The zero-order chi connectivity index (χ0) is 15.7. The molecule has 5 heteroatoms. The van der Waals surface area contributed by atoms with Crippen LogP contribution < -0.4 is 10.6 Å². The van der Waals surface area contributed by atoms with Crippen LogP contribution in [0.15, 0.2) is 24.3 Å². The Morgan fingerprint density at radius 1 is 1.38 bits per heavy atom. The summed E-state index contributed by atoms with van der Waals surface area (Å²) in [6, 6.07) is 7.32. The first kappa shape index (κ1) is 15.9. The van der Waals surface area contributed by atoms with Crippen molar-refractivity contribution < 1.29 is 13.6 Å². The van der Waals surface area contributed by atoms with Crippen LogP contribution in [0.25, 0.3) is 0 Å². The summed E-state index contributed by atoms with van der Waals surface area (Å²) in [5.74, 6) is -3.14. The topological polar surface area (TPSA) is 41.1 Å². The van der Waals surface area contributed by atoms with Crippen molar-refractivity contribution in [3.05, 3.63) is 35.4 Å². The number of carbonyl (C=O) groups is 1. The van der Waals surface area contributed by atoms with Crippen LogP contribution in [0, 0.1) is 6.92 Å². The minimum Gasteiger partial charge on any atom is -0.354 e. The summed E-state index contributed by atoms with van der Waals surface area (Å²) in [6.07, 6.45) is -0.427. The van der Waals surface area contributed by atoms with Gasteiger partial charge in [0.25, 0.3) is 5.92 Å². The first-order valence-corrected chi connectivity index (χ1v) is 7.16. The van der Waals surface area contributed by atoms with Gasteiger partial charge in [-0.3, -0.25) is 10.1 Å². The SMILES string of the molecule is Cc1ccc(C(C)(C)CNC(=O)C2CC(F)(F)CN2)cc1. The Morgan fingerprint density at radius 2 is 2.00 bits per heavy atom. The van der Waals surface area contributed by atoms with Gasteiger partial charge in [0.05, 0.1) is 12.6 Å². The molecule has 3 nitrogen and oxygen atoms in total. The highest BCUT2D eigenvalue weighted by Gasteiger charge is 2.42. The Hall–Kier alpha value is -1.49. The molecule has 1 aromatic rings. The number of hydrogen-bond donors (Lipinski definition) is 2. The second-order valence-corrected chi connectivity index (χ2v) is 6.46. The Morgan fingerprint density at radius 3 is 2.52 bits per heavy atom. The van der Waals surface area contributed by atoms with E-state index in [0.29, 0.717) is 6.54 Å². The lowest BCUT2D eigenvalue weighted by molar-refractivity contribution is -0.123. The smallest absolute Gasteiger partial charge is 0.262 e. The van der Waals surface area contributed by atoms with Gasteiger partial charge in [0.1, 0.15) is 0 Å². The van der Waals surface area contributed by atoms with Crippen molar-refractivity contribution in [3.63, 3.8) is 0 Å². The standard InChI is InChI=1S/C16H22F2N2O/c1-11-4-6-12(7-5-11)15(2,3)9-20-14(21)13-8-16(17,18)10-19-13/h4-7,13,19H,8-10H2,1-3H3,(H,20,21). The molecule has 1 aliphatic rings. The van der Waals surface area contributed by atoms with Crippen LogP contribution in [0.3, 0.4) is 0 Å². The van der Waals surface area contributed by atoms with Crippen molar-refractivity contribution in [3.8, 4) is 0 Å². The third-order valence-electron chi connectivity index (χ3n) is 3.96. The summed E-state index contributed by atoms with van der Waals surface area (Å²) in [5.41, 5.74) is 2.04. The molecule has 2 rings (SSSR count). The van der Waals surface area contributed by atoms with Crippen LogP contribution in [-0.2, 0) is 10.2 Å². The highest BCUT2D eigenvalue weighted by atomic mass is 19.3. The van der Waals surface area contributed by atoms with Crippen LogP contribution in [-0.4, -0.2) is 31.0 Å². The van der Waals surface area contributed by atoms with Gasteiger partial charge in [-0.25, -0.2) is 8.78 Å². The van der Waals surface area contributed by atoms with Crippen LogP contribution in [0.5, 0.6) is 0 Å². The molecule has 116 valence electrons. The predicted molar refractivity (Wildman–Crippen MR) is 78.6 cm³/mol. The summed E-state index contributed by atoms with van der Waals surface area (Å²) in [7, 11) is 0. The number of aryl methyl sites for hydroxylation is 1. The van der Waals surface area contributed by atoms with Crippen LogP contribution in [0.4, 0.5) is 8.78 Å². The fourth-order valence-corrected chi connectivity index (χ4v) is 2.44. The molecule has 1 saturated heterocycles. The van der Waals surface area contributed by atoms with Gasteiger partial charge in [-0.05, 0) is 12.5 Å². The average Bonchev–Trinajstić information content (AvgIpc) is 2.77. The van der Waals surface area contributed by atoms with E-state index in [2.05, 4.69) is 10.6 Å². The van der Waals surface area contributed by atoms with E-state index in [0.717, 1.165) is 5.56 Å². The molecule has 0 radical (unpaired) electrons. The van der Waals surface area contributed by atoms with Crippen LogP contribution in [0.1, 0.15) is 31.4 Å². The second-order valence-electron chi connectivity index (χ2n) is 6.46. The van der Waals surface area contributed by atoms with Crippen molar-refractivity contribution in [1.29, 1.82) is 0 Å². The lowest BCUT2D eigenvalue weighted by Gasteiger charge is -2.26. The lowest BCUT2D eigenvalue weighted by Crippen LogP contribution is -2.45. The normalized spacial score (nSPS) is 21.3. The molecule has 1 aliphatic heterocycles. The monoisotopic (exact) mass is 296 g/mol. The van der Waals surface area contributed by atoms with E-state index in [1.165, 1.54) is 5.56 Å². The molecule has 1 heterocycles. The second kappa shape index (κ2) is 5.72. The first-order valence-electron chi connectivity index (χ1n) is 7.16. The molecule has 1 aromatic carbocycles. The van der Waals surface area contributed by atoms with E-state index in [-0.39, 0.29) is 11.3 Å². The fraction of sp³-hybridized carbons (Fsp3) is 0.562. The summed E-state index contributed by atoms with van der Waals surface area (Å²) >= 11 is 0. The Bertz CT molecular complexity index is 512. The number of benzene rings is 1. The predicted octanol–water partition coefficient (Wildman–Crippen LogP) is 2.39. The molecule has 21 heavy (non-hydrogen) atoms. The van der Waals surface area contributed by atoms with Gasteiger partial charge in [0.15, 0.2) is 0 Å². The van der Waals surface area contributed by atoms with Crippen LogP contribution in [0.2, 0.25) is 0 Å². The molecule has 0 aromatic heterocycles. The maximum absolute atomic E-state index is 13.1.